The van der Waals surface area contributed by atoms with Crippen molar-refractivity contribution in [1.29, 1.82) is 0 Å². The van der Waals surface area contributed by atoms with Crippen molar-refractivity contribution in [3.05, 3.63) is 71.8 Å². The van der Waals surface area contributed by atoms with Crippen molar-refractivity contribution >= 4 is 23.6 Å². The van der Waals surface area contributed by atoms with E-state index in [0.29, 0.717) is 18.4 Å². The van der Waals surface area contributed by atoms with E-state index < -0.39 is 40.9 Å². The zero-order valence-corrected chi connectivity index (χ0v) is 23.6. The number of nitrogens with one attached hydrogen (secondary N) is 1. The summed E-state index contributed by atoms with van der Waals surface area (Å²) in [7, 11) is 0. The molecule has 0 unspecified atom stereocenters. The molecule has 1 aromatic rings. The van der Waals surface area contributed by atoms with Gasteiger partial charge < -0.3 is 19.5 Å². The monoisotopic (exact) mass is 547 g/mol. The molecule has 0 bridgehead atoms. The number of carbonyl (C=O) groups is 4. The van der Waals surface area contributed by atoms with Crippen LogP contribution < -0.4 is 5.32 Å². The Hall–Kier alpha value is -3.52. The molecular formula is C32H37NO7. The molecule has 1 aromatic carbocycles. The van der Waals surface area contributed by atoms with Crippen LogP contribution in [0, 0.1) is 23.7 Å². The number of hydrogen-bond acceptors (Lipinski definition) is 7. The number of rotatable bonds is 3. The van der Waals surface area contributed by atoms with Crippen LogP contribution in [-0.4, -0.2) is 53.1 Å². The van der Waals surface area contributed by atoms with Gasteiger partial charge in [-0.2, -0.15) is 0 Å². The molecule has 9 atom stereocenters. The van der Waals surface area contributed by atoms with E-state index in [4.69, 9.17) is 14.2 Å². The summed E-state index contributed by atoms with van der Waals surface area (Å²) in [6.45, 7) is 9.09. The first-order chi connectivity index (χ1) is 19.0. The van der Waals surface area contributed by atoms with E-state index in [1.807, 2.05) is 55.5 Å². The van der Waals surface area contributed by atoms with E-state index in [0.717, 1.165) is 17.7 Å². The van der Waals surface area contributed by atoms with Gasteiger partial charge in [-0.15, -0.1) is 0 Å². The van der Waals surface area contributed by atoms with Crippen molar-refractivity contribution < 1.29 is 33.4 Å². The molecule has 0 radical (unpaired) electrons. The number of ether oxygens (including phenoxy) is 3. The van der Waals surface area contributed by atoms with Crippen molar-refractivity contribution in [1.82, 2.24) is 5.32 Å². The first-order valence-electron chi connectivity index (χ1n) is 14.0. The van der Waals surface area contributed by atoms with Crippen LogP contribution >= 0.6 is 0 Å². The highest BCUT2D eigenvalue weighted by molar-refractivity contribution is 6.01. The molecule has 40 heavy (non-hydrogen) atoms. The lowest BCUT2D eigenvalue weighted by atomic mass is 9.59. The van der Waals surface area contributed by atoms with Crippen LogP contribution in [0.4, 0.5) is 0 Å². The highest BCUT2D eigenvalue weighted by Crippen LogP contribution is 2.63. The first kappa shape index (κ1) is 28.0. The summed E-state index contributed by atoms with van der Waals surface area (Å²) in [5.74, 6) is -3.26. The Bertz CT molecular complexity index is 1300. The smallest absolute Gasteiger partial charge is 0.331 e. The van der Waals surface area contributed by atoms with Crippen LogP contribution in [0.3, 0.4) is 0 Å². The zero-order valence-electron chi connectivity index (χ0n) is 23.6. The summed E-state index contributed by atoms with van der Waals surface area (Å²) in [6, 6.07) is 9.63. The molecule has 8 heteroatoms. The van der Waals surface area contributed by atoms with Crippen LogP contribution in [0.1, 0.15) is 46.6 Å². The number of epoxide rings is 1. The Morgan fingerprint density at radius 3 is 2.55 bits per heavy atom. The molecule has 1 aliphatic carbocycles. The predicted molar refractivity (Wildman–Crippen MR) is 147 cm³/mol. The number of allylic oxidation sites excluding steroid dienone is 2. The van der Waals surface area contributed by atoms with Gasteiger partial charge >= 0.3 is 11.9 Å². The van der Waals surface area contributed by atoms with Gasteiger partial charge in [0.1, 0.15) is 0 Å². The van der Waals surface area contributed by atoms with Gasteiger partial charge in [-0.05, 0) is 55.7 Å². The number of esters is 2. The molecule has 1 amide bonds. The van der Waals surface area contributed by atoms with Gasteiger partial charge in [0.15, 0.2) is 6.10 Å². The lowest BCUT2D eigenvalue weighted by Gasteiger charge is -2.45. The van der Waals surface area contributed by atoms with Crippen molar-refractivity contribution in [2.75, 3.05) is 0 Å². The van der Waals surface area contributed by atoms with Gasteiger partial charge in [-0.3, -0.25) is 14.4 Å². The summed E-state index contributed by atoms with van der Waals surface area (Å²) in [4.78, 5) is 52.1. The van der Waals surface area contributed by atoms with Gasteiger partial charge in [-0.1, -0.05) is 62.4 Å². The molecule has 1 saturated carbocycles. The molecule has 1 spiro atoms. The quantitative estimate of drug-likeness (QED) is 0.349. The standard InChI is InChI=1S/C32H37NO7/c1-18-10-9-13-23-29-31(5,40-29)20(3)27-24(17-22-11-7-6-8-12-22)33-30(37)32(23,27)39-26(36)15-14-25(35)28(19(2)16-18)38-21(4)34/h6-9,11-16,18,20,23-24,27-29H,10,17H2,1-5H3,(H,33,37)/b13-9+,15-14+,19-16?/t18-,20-,23-,24-,27-,28+,29-,31+,32+/m0/s1. The Morgan fingerprint density at radius 2 is 1.85 bits per heavy atom. The Morgan fingerprint density at radius 1 is 1.12 bits per heavy atom. The van der Waals surface area contributed by atoms with Gasteiger partial charge in [0.2, 0.25) is 11.4 Å². The van der Waals surface area contributed by atoms with Crippen LogP contribution in [0.25, 0.3) is 0 Å². The highest BCUT2D eigenvalue weighted by Gasteiger charge is 2.78. The first-order valence-corrected chi connectivity index (χ1v) is 14.0. The van der Waals surface area contributed by atoms with Crippen LogP contribution in [0.5, 0.6) is 0 Å². The van der Waals surface area contributed by atoms with Gasteiger partial charge in [0.05, 0.1) is 17.6 Å². The summed E-state index contributed by atoms with van der Waals surface area (Å²) >= 11 is 0. The van der Waals surface area contributed by atoms with Gasteiger partial charge in [0, 0.05) is 25.0 Å². The molecular weight excluding hydrogens is 510 g/mol. The lowest BCUT2D eigenvalue weighted by Crippen LogP contribution is -2.61. The fraction of sp³-hybridized carbons (Fsp3) is 0.500. The maximum absolute atomic E-state index is 14.0. The highest BCUT2D eigenvalue weighted by atomic mass is 16.6. The van der Waals surface area contributed by atoms with E-state index in [1.54, 1.807) is 6.92 Å². The maximum Gasteiger partial charge on any atom is 0.331 e. The van der Waals surface area contributed by atoms with E-state index in [-0.39, 0.29) is 35.8 Å². The minimum Gasteiger partial charge on any atom is -0.450 e. The van der Waals surface area contributed by atoms with E-state index in [1.165, 1.54) is 6.92 Å². The molecule has 3 aliphatic heterocycles. The Balaban J connectivity index is 1.57. The van der Waals surface area contributed by atoms with E-state index >= 15 is 0 Å². The number of ketones is 1. The Kier molecular flexibility index (Phi) is 7.33. The molecule has 4 aliphatic rings. The van der Waals surface area contributed by atoms with E-state index in [9.17, 15) is 19.2 Å². The average Bonchev–Trinajstić information content (AvgIpc) is 3.52. The van der Waals surface area contributed by atoms with Crippen molar-refractivity contribution in [3.63, 3.8) is 0 Å². The third-order valence-electron chi connectivity index (χ3n) is 9.06. The normalized spacial score (nSPS) is 40.7. The molecule has 1 N–H and O–H groups in total. The number of hydrogen-bond donors (Lipinski definition) is 1. The topological polar surface area (TPSA) is 111 Å². The van der Waals surface area contributed by atoms with Crippen LogP contribution in [0.2, 0.25) is 0 Å². The summed E-state index contributed by atoms with van der Waals surface area (Å²) in [6.07, 6.45) is 7.70. The minimum atomic E-state index is -1.51. The summed E-state index contributed by atoms with van der Waals surface area (Å²) in [5.41, 5.74) is -0.308. The number of benzene rings is 1. The van der Waals surface area contributed by atoms with Crippen molar-refractivity contribution in [2.45, 2.75) is 76.9 Å². The average molecular weight is 548 g/mol. The fourth-order valence-electron chi connectivity index (χ4n) is 7.03. The molecule has 3 heterocycles. The molecule has 8 nitrogen and oxygen atoms in total. The van der Waals surface area contributed by atoms with Crippen LogP contribution in [-0.2, 0) is 39.8 Å². The minimum absolute atomic E-state index is 0.0144. The fourth-order valence-corrected chi connectivity index (χ4v) is 7.03. The second-order valence-corrected chi connectivity index (χ2v) is 11.8. The molecule has 5 rings (SSSR count). The number of carbonyl (C=O) groups excluding carboxylic acids is 4. The summed E-state index contributed by atoms with van der Waals surface area (Å²) in [5, 5.41) is 3.17. The number of amides is 1. The van der Waals surface area contributed by atoms with E-state index in [2.05, 4.69) is 19.2 Å². The Labute approximate surface area is 234 Å². The maximum atomic E-state index is 14.0. The lowest BCUT2D eigenvalue weighted by molar-refractivity contribution is -0.177. The van der Waals surface area contributed by atoms with Crippen LogP contribution in [0.15, 0.2) is 66.3 Å². The zero-order chi connectivity index (χ0) is 28.8. The second-order valence-electron chi connectivity index (χ2n) is 11.8. The van der Waals surface area contributed by atoms with Gasteiger partial charge in [-0.25, -0.2) is 4.79 Å². The molecule has 2 saturated heterocycles. The third-order valence-corrected chi connectivity index (χ3v) is 9.06. The molecule has 212 valence electrons. The SMILES string of the molecule is CC(=O)O[C@H]1C(=O)/C=C/C(=O)O[C@@]23C(=O)N[C@@H](Cc4ccccc4)[C@@H]2[C@H](C)[C@@]2(C)O[C@H]2[C@@H]3/C=C/C[C@H](C)C=C1C. The van der Waals surface area contributed by atoms with Crippen molar-refractivity contribution in [2.24, 2.45) is 23.7 Å². The number of fused-ring (bicyclic) bond motifs is 2. The van der Waals surface area contributed by atoms with Gasteiger partial charge in [0.25, 0.3) is 5.91 Å². The molecule has 0 aromatic heterocycles. The predicted octanol–water partition coefficient (Wildman–Crippen LogP) is 3.65. The molecule has 3 fully saturated rings. The van der Waals surface area contributed by atoms with Crippen molar-refractivity contribution in [3.8, 4) is 0 Å². The summed E-state index contributed by atoms with van der Waals surface area (Å²) < 4.78 is 17.8. The largest absolute Gasteiger partial charge is 0.450 e. The second kappa shape index (κ2) is 10.5. The third kappa shape index (κ3) is 4.83.